The highest BCUT2D eigenvalue weighted by Crippen LogP contribution is 2.31. The van der Waals surface area contributed by atoms with Crippen LogP contribution in [0.3, 0.4) is 0 Å². The smallest absolute Gasteiger partial charge is 0.287 e. The minimum absolute atomic E-state index is 0.0872. The highest BCUT2D eigenvalue weighted by molar-refractivity contribution is 7.15. The minimum atomic E-state index is -0.422. The molecular weight excluding hydrogens is 238 g/mol. The summed E-state index contributed by atoms with van der Waals surface area (Å²) in [6.07, 6.45) is 2.08. The second kappa shape index (κ2) is 6.33. The predicted molar refractivity (Wildman–Crippen MR) is 66.9 cm³/mol. The number of nitro groups is 1. The molecule has 0 aromatic carbocycles. The van der Waals surface area contributed by atoms with Crippen LogP contribution in [-0.2, 0) is 0 Å². The van der Waals surface area contributed by atoms with Gasteiger partial charge in [0.15, 0.2) is 0 Å². The van der Waals surface area contributed by atoms with E-state index in [2.05, 4.69) is 13.0 Å². The molecule has 1 atom stereocenters. The fraction of sp³-hybridized carbons (Fsp3) is 0.545. The van der Waals surface area contributed by atoms with Crippen LogP contribution in [-0.4, -0.2) is 23.4 Å². The van der Waals surface area contributed by atoms with Crippen molar-refractivity contribution in [3.63, 3.8) is 0 Å². The lowest BCUT2D eigenvalue weighted by Gasteiger charge is -2.20. The zero-order valence-electron chi connectivity index (χ0n) is 9.92. The van der Waals surface area contributed by atoms with Gasteiger partial charge in [-0.2, -0.15) is 5.26 Å². The SMILES string of the molecule is CCCCN(C)C(C#N)c1ccc([N+](=O)[O-])s1. The molecule has 0 N–H and O–H groups in total. The largest absolute Gasteiger partial charge is 0.324 e. The zero-order chi connectivity index (χ0) is 12.8. The summed E-state index contributed by atoms with van der Waals surface area (Å²) < 4.78 is 0. The Morgan fingerprint density at radius 2 is 2.35 bits per heavy atom. The highest BCUT2D eigenvalue weighted by Gasteiger charge is 2.20. The third kappa shape index (κ3) is 3.51. The molecule has 0 saturated heterocycles. The predicted octanol–water partition coefficient (Wildman–Crippen LogP) is 2.95. The molecule has 0 amide bonds. The first-order valence-electron chi connectivity index (χ1n) is 5.44. The monoisotopic (exact) mass is 253 g/mol. The second-order valence-corrected chi connectivity index (χ2v) is 4.89. The molecular formula is C11H15N3O2S. The molecule has 92 valence electrons. The van der Waals surface area contributed by atoms with Crippen molar-refractivity contribution in [3.8, 4) is 6.07 Å². The van der Waals surface area contributed by atoms with Crippen LogP contribution in [0, 0.1) is 21.4 Å². The van der Waals surface area contributed by atoms with Gasteiger partial charge in [-0.15, -0.1) is 0 Å². The molecule has 1 aromatic rings. The molecule has 1 unspecified atom stereocenters. The van der Waals surface area contributed by atoms with Crippen molar-refractivity contribution < 1.29 is 4.92 Å². The maximum absolute atomic E-state index is 10.6. The van der Waals surface area contributed by atoms with E-state index in [0.717, 1.165) is 35.6 Å². The quantitative estimate of drug-likeness (QED) is 0.577. The molecule has 1 aromatic heterocycles. The average Bonchev–Trinajstić information content (AvgIpc) is 2.77. The third-order valence-corrected chi connectivity index (χ3v) is 3.58. The average molecular weight is 253 g/mol. The van der Waals surface area contributed by atoms with Gasteiger partial charge in [0.2, 0.25) is 0 Å². The Morgan fingerprint density at radius 1 is 1.65 bits per heavy atom. The van der Waals surface area contributed by atoms with E-state index in [1.807, 2.05) is 11.9 Å². The molecule has 5 nitrogen and oxygen atoms in total. The van der Waals surface area contributed by atoms with Gasteiger partial charge in [-0.3, -0.25) is 15.0 Å². The van der Waals surface area contributed by atoms with Crippen LogP contribution in [0.5, 0.6) is 0 Å². The van der Waals surface area contributed by atoms with Crippen LogP contribution < -0.4 is 0 Å². The number of hydrogen-bond donors (Lipinski definition) is 0. The van der Waals surface area contributed by atoms with Gasteiger partial charge < -0.3 is 0 Å². The van der Waals surface area contributed by atoms with Gasteiger partial charge in [-0.05, 0) is 26.1 Å². The van der Waals surface area contributed by atoms with E-state index in [9.17, 15) is 10.1 Å². The summed E-state index contributed by atoms with van der Waals surface area (Å²) in [5.74, 6) is 0. The van der Waals surface area contributed by atoms with Crippen molar-refractivity contribution in [2.45, 2.75) is 25.8 Å². The number of nitrogens with zero attached hydrogens (tertiary/aromatic N) is 3. The van der Waals surface area contributed by atoms with Gasteiger partial charge in [-0.1, -0.05) is 24.7 Å². The molecule has 0 aliphatic carbocycles. The molecule has 0 aliphatic rings. The third-order valence-electron chi connectivity index (χ3n) is 2.49. The van der Waals surface area contributed by atoms with E-state index in [0.29, 0.717) is 0 Å². The number of thiophene rings is 1. The van der Waals surface area contributed by atoms with Crippen molar-refractivity contribution in [3.05, 3.63) is 27.1 Å². The number of hydrogen-bond acceptors (Lipinski definition) is 5. The summed E-state index contributed by atoms with van der Waals surface area (Å²) in [5, 5.41) is 19.8. The molecule has 0 bridgehead atoms. The van der Waals surface area contributed by atoms with E-state index in [1.165, 1.54) is 6.07 Å². The number of unbranched alkanes of at least 4 members (excludes halogenated alkanes) is 1. The fourth-order valence-electron chi connectivity index (χ4n) is 1.50. The second-order valence-electron chi connectivity index (χ2n) is 3.80. The summed E-state index contributed by atoms with van der Waals surface area (Å²) in [5.41, 5.74) is 0. The van der Waals surface area contributed by atoms with Gasteiger partial charge in [0, 0.05) is 10.9 Å². The van der Waals surface area contributed by atoms with Crippen molar-refractivity contribution in [1.29, 1.82) is 5.26 Å². The number of nitriles is 1. The van der Waals surface area contributed by atoms with E-state index in [-0.39, 0.29) is 11.0 Å². The van der Waals surface area contributed by atoms with E-state index in [4.69, 9.17) is 5.26 Å². The van der Waals surface area contributed by atoms with E-state index >= 15 is 0 Å². The maximum atomic E-state index is 10.6. The Hall–Kier alpha value is -1.45. The summed E-state index contributed by atoms with van der Waals surface area (Å²) in [7, 11) is 1.87. The summed E-state index contributed by atoms with van der Waals surface area (Å²) >= 11 is 1.07. The first kappa shape index (κ1) is 13.6. The zero-order valence-corrected chi connectivity index (χ0v) is 10.7. The summed E-state index contributed by atoms with van der Waals surface area (Å²) in [4.78, 5) is 12.8. The molecule has 17 heavy (non-hydrogen) atoms. The van der Waals surface area contributed by atoms with Crippen molar-refractivity contribution in [2.75, 3.05) is 13.6 Å². The Morgan fingerprint density at radius 3 is 2.82 bits per heavy atom. The molecule has 6 heteroatoms. The van der Waals surface area contributed by atoms with Crippen LogP contribution in [0.2, 0.25) is 0 Å². The Labute approximate surface area is 104 Å². The van der Waals surface area contributed by atoms with Crippen LogP contribution in [0.25, 0.3) is 0 Å². The minimum Gasteiger partial charge on any atom is -0.287 e. The molecule has 1 heterocycles. The van der Waals surface area contributed by atoms with E-state index in [1.54, 1.807) is 6.07 Å². The fourth-order valence-corrected chi connectivity index (χ4v) is 2.44. The van der Waals surface area contributed by atoms with Crippen molar-refractivity contribution in [2.24, 2.45) is 0 Å². The number of rotatable bonds is 6. The van der Waals surface area contributed by atoms with Crippen LogP contribution in [0.15, 0.2) is 12.1 Å². The topological polar surface area (TPSA) is 70.2 Å². The lowest BCUT2D eigenvalue weighted by molar-refractivity contribution is -0.380. The molecule has 0 spiro atoms. The lowest BCUT2D eigenvalue weighted by atomic mass is 10.2. The van der Waals surface area contributed by atoms with Gasteiger partial charge in [-0.25, -0.2) is 0 Å². The summed E-state index contributed by atoms with van der Waals surface area (Å²) in [6, 6.07) is 4.93. The van der Waals surface area contributed by atoms with Crippen LogP contribution in [0.1, 0.15) is 30.7 Å². The van der Waals surface area contributed by atoms with Gasteiger partial charge in [0.25, 0.3) is 0 Å². The van der Waals surface area contributed by atoms with Crippen molar-refractivity contribution >= 4 is 16.3 Å². The first-order chi connectivity index (χ1) is 8.10. The Kier molecular flexibility index (Phi) is 5.07. The van der Waals surface area contributed by atoms with E-state index < -0.39 is 4.92 Å². The molecule has 1 rings (SSSR count). The van der Waals surface area contributed by atoms with Gasteiger partial charge >= 0.3 is 5.00 Å². The first-order valence-corrected chi connectivity index (χ1v) is 6.25. The lowest BCUT2D eigenvalue weighted by Crippen LogP contribution is -2.23. The molecule has 0 saturated carbocycles. The Balaban J connectivity index is 2.79. The summed E-state index contributed by atoms with van der Waals surface area (Å²) in [6.45, 7) is 2.91. The highest BCUT2D eigenvalue weighted by atomic mass is 32.1. The van der Waals surface area contributed by atoms with Gasteiger partial charge in [0.05, 0.1) is 11.0 Å². The van der Waals surface area contributed by atoms with Crippen LogP contribution >= 0.6 is 11.3 Å². The normalized spacial score (nSPS) is 12.4. The van der Waals surface area contributed by atoms with Crippen molar-refractivity contribution in [1.82, 2.24) is 4.90 Å². The maximum Gasteiger partial charge on any atom is 0.324 e. The molecule has 0 fully saturated rings. The van der Waals surface area contributed by atoms with Crippen LogP contribution in [0.4, 0.5) is 5.00 Å². The standard InChI is InChI=1S/C11H15N3O2S/c1-3-4-7-13(2)9(8-12)10-5-6-11(17-10)14(15)16/h5-6,9H,3-4,7H2,1-2H3. The molecule has 0 aliphatic heterocycles. The Bertz CT molecular complexity index is 425. The van der Waals surface area contributed by atoms with Gasteiger partial charge in [0.1, 0.15) is 6.04 Å². The molecule has 0 radical (unpaired) electrons.